The number of likely N-dealkylation sites (N-methyl/N-ethyl adjacent to an activating group) is 1. The van der Waals surface area contributed by atoms with Crippen molar-refractivity contribution in [2.45, 2.75) is 19.5 Å². The lowest BCUT2D eigenvalue weighted by Gasteiger charge is -2.32. The fourth-order valence-corrected chi connectivity index (χ4v) is 3.39. The molecule has 3 aromatic rings. The lowest BCUT2D eigenvalue weighted by molar-refractivity contribution is -0.141. The van der Waals surface area contributed by atoms with Crippen molar-refractivity contribution in [1.82, 2.24) is 24.8 Å². The minimum absolute atomic E-state index is 0.193. The highest BCUT2D eigenvalue weighted by Crippen LogP contribution is 2.32. The molecule has 1 saturated heterocycles. The van der Waals surface area contributed by atoms with E-state index in [9.17, 15) is 18.0 Å². The van der Waals surface area contributed by atoms with Crippen LogP contribution in [0.3, 0.4) is 0 Å². The maximum absolute atomic E-state index is 13.4. The molecule has 0 atom stereocenters. The van der Waals surface area contributed by atoms with Gasteiger partial charge >= 0.3 is 12.2 Å². The van der Waals surface area contributed by atoms with Gasteiger partial charge in [0.2, 0.25) is 11.8 Å². The number of ether oxygens (including phenoxy) is 1. The predicted octanol–water partition coefficient (Wildman–Crippen LogP) is 3.64. The average molecular weight is 487 g/mol. The molecule has 2 aromatic heterocycles. The first-order valence-corrected chi connectivity index (χ1v) is 11.0. The Labute approximate surface area is 200 Å². The molecular weight excluding hydrogens is 463 g/mol. The second-order valence-corrected chi connectivity index (χ2v) is 7.95. The van der Waals surface area contributed by atoms with Gasteiger partial charge in [0.25, 0.3) is 5.91 Å². The number of nitrogens with zero attached hydrogens (tertiary/aromatic N) is 6. The molecule has 35 heavy (non-hydrogen) atoms. The van der Waals surface area contributed by atoms with Crippen molar-refractivity contribution in [3.8, 4) is 11.9 Å². The molecular formula is C23H24F3N7O2. The Hall–Kier alpha value is -3.80. The molecule has 1 aliphatic rings. The van der Waals surface area contributed by atoms with Crippen molar-refractivity contribution in [1.29, 1.82) is 0 Å². The number of rotatable bonds is 6. The third-order valence-corrected chi connectivity index (χ3v) is 5.37. The largest absolute Gasteiger partial charge is 0.433 e. The molecule has 0 radical (unpaired) electrons. The van der Waals surface area contributed by atoms with Crippen LogP contribution in [0.15, 0.2) is 42.5 Å². The zero-order valence-electron chi connectivity index (χ0n) is 19.2. The highest BCUT2D eigenvalue weighted by molar-refractivity contribution is 6.05. The first-order valence-electron chi connectivity index (χ1n) is 11.0. The van der Waals surface area contributed by atoms with Gasteiger partial charge in [0.15, 0.2) is 0 Å². The van der Waals surface area contributed by atoms with E-state index in [0.717, 1.165) is 25.2 Å². The van der Waals surface area contributed by atoms with Crippen molar-refractivity contribution in [2.75, 3.05) is 43.4 Å². The number of aromatic nitrogens is 4. The Morgan fingerprint density at radius 1 is 1.00 bits per heavy atom. The van der Waals surface area contributed by atoms with Crippen LogP contribution in [0.2, 0.25) is 0 Å². The number of hydrogen-bond donors (Lipinski definition) is 1. The molecule has 184 valence electrons. The third-order valence-electron chi connectivity index (χ3n) is 5.37. The number of hydrogen-bond acceptors (Lipinski definition) is 8. The van der Waals surface area contributed by atoms with Crippen molar-refractivity contribution in [3.05, 3.63) is 59.5 Å². The van der Waals surface area contributed by atoms with Crippen LogP contribution in [0.4, 0.5) is 24.8 Å². The number of pyridine rings is 1. The Bertz CT molecular complexity index is 1180. The van der Waals surface area contributed by atoms with Gasteiger partial charge in [0.1, 0.15) is 17.1 Å². The normalized spacial score (nSPS) is 14.6. The summed E-state index contributed by atoms with van der Waals surface area (Å²) in [6.45, 7) is 4.81. The molecule has 1 aromatic carbocycles. The molecule has 1 amide bonds. The number of nitrogens with one attached hydrogen (secondary N) is 1. The molecule has 0 unspecified atom stereocenters. The SMILES string of the molecule is CCc1nc(Oc2nc(C(F)(F)F)ccc2C(=O)Nc2ccccc2)nc(N2CCN(C)CC2)n1. The van der Waals surface area contributed by atoms with Crippen molar-refractivity contribution < 1.29 is 22.7 Å². The Kier molecular flexibility index (Phi) is 7.10. The lowest BCUT2D eigenvalue weighted by Crippen LogP contribution is -2.45. The smallest absolute Gasteiger partial charge is 0.404 e. The molecule has 12 heteroatoms. The van der Waals surface area contributed by atoms with Gasteiger partial charge in [-0.1, -0.05) is 25.1 Å². The Morgan fingerprint density at radius 2 is 1.71 bits per heavy atom. The summed E-state index contributed by atoms with van der Waals surface area (Å²) >= 11 is 0. The number of alkyl halides is 3. The summed E-state index contributed by atoms with van der Waals surface area (Å²) in [6, 6.07) is 10.0. The minimum atomic E-state index is -4.73. The Balaban J connectivity index is 1.68. The average Bonchev–Trinajstić information content (AvgIpc) is 2.84. The minimum Gasteiger partial charge on any atom is -0.404 e. The molecule has 4 rings (SSSR count). The summed E-state index contributed by atoms with van der Waals surface area (Å²) in [6.07, 6.45) is -4.28. The van der Waals surface area contributed by atoms with Crippen LogP contribution in [0.25, 0.3) is 0 Å². The first kappa shape index (κ1) is 24.3. The van der Waals surface area contributed by atoms with Crippen LogP contribution in [0, 0.1) is 0 Å². The molecule has 0 spiro atoms. The van der Waals surface area contributed by atoms with Crippen LogP contribution in [0.1, 0.15) is 28.8 Å². The van der Waals surface area contributed by atoms with Gasteiger partial charge in [0.05, 0.1) is 0 Å². The van der Waals surface area contributed by atoms with Gasteiger partial charge < -0.3 is 19.9 Å². The van der Waals surface area contributed by atoms with E-state index in [1.807, 2.05) is 18.9 Å². The summed E-state index contributed by atoms with van der Waals surface area (Å²) in [7, 11) is 2.01. The predicted molar refractivity (Wildman–Crippen MR) is 123 cm³/mol. The molecule has 1 fully saturated rings. The van der Waals surface area contributed by atoms with E-state index >= 15 is 0 Å². The lowest BCUT2D eigenvalue weighted by atomic mass is 10.2. The highest BCUT2D eigenvalue weighted by atomic mass is 19.4. The standard InChI is InChI=1S/C23H24F3N7O2/c1-3-18-29-21(33-13-11-32(2)12-14-33)31-22(30-18)35-20-16(9-10-17(28-20)23(24,25)26)19(34)27-15-7-5-4-6-8-15/h4-10H,3,11-14H2,1-2H3,(H,27,34). The third kappa shape index (κ3) is 6.01. The van der Waals surface area contributed by atoms with Crippen molar-refractivity contribution in [3.63, 3.8) is 0 Å². The summed E-state index contributed by atoms with van der Waals surface area (Å²) < 4.78 is 45.7. The number of piperazine rings is 1. The number of carbonyl (C=O) groups excluding carboxylic acids is 1. The van der Waals surface area contributed by atoms with E-state index in [4.69, 9.17) is 4.74 Å². The van der Waals surface area contributed by atoms with Crippen LogP contribution in [-0.2, 0) is 12.6 Å². The van der Waals surface area contributed by atoms with Crippen molar-refractivity contribution >= 4 is 17.5 Å². The number of aryl methyl sites for hydroxylation is 1. The topological polar surface area (TPSA) is 96.4 Å². The maximum Gasteiger partial charge on any atom is 0.433 e. The van der Waals surface area contributed by atoms with E-state index in [1.165, 1.54) is 0 Å². The molecule has 1 aliphatic heterocycles. The second kappa shape index (κ2) is 10.2. The van der Waals surface area contributed by atoms with Crippen LogP contribution in [0.5, 0.6) is 11.9 Å². The zero-order valence-corrected chi connectivity index (χ0v) is 19.2. The van der Waals surface area contributed by atoms with E-state index in [0.29, 0.717) is 37.0 Å². The molecule has 1 N–H and O–H groups in total. The molecule has 0 saturated carbocycles. The number of carbonyl (C=O) groups is 1. The molecule has 9 nitrogen and oxygen atoms in total. The number of benzene rings is 1. The van der Waals surface area contributed by atoms with E-state index in [-0.39, 0.29) is 11.6 Å². The molecule has 0 aliphatic carbocycles. The van der Waals surface area contributed by atoms with Gasteiger partial charge in [0, 0.05) is 38.3 Å². The van der Waals surface area contributed by atoms with E-state index in [2.05, 4.69) is 30.2 Å². The second-order valence-electron chi connectivity index (χ2n) is 7.95. The van der Waals surface area contributed by atoms with E-state index < -0.39 is 23.7 Å². The van der Waals surface area contributed by atoms with E-state index in [1.54, 1.807) is 30.3 Å². The number of amides is 1. The number of halogens is 3. The monoisotopic (exact) mass is 487 g/mol. The van der Waals surface area contributed by atoms with Gasteiger partial charge in [-0.15, -0.1) is 0 Å². The van der Waals surface area contributed by atoms with Gasteiger partial charge in [-0.2, -0.15) is 28.1 Å². The van der Waals surface area contributed by atoms with Crippen LogP contribution >= 0.6 is 0 Å². The Morgan fingerprint density at radius 3 is 2.37 bits per heavy atom. The van der Waals surface area contributed by atoms with Crippen molar-refractivity contribution in [2.24, 2.45) is 0 Å². The van der Waals surface area contributed by atoms with Crippen LogP contribution in [-0.4, -0.2) is 64.0 Å². The quantitative estimate of drug-likeness (QED) is 0.563. The summed E-state index contributed by atoms with van der Waals surface area (Å²) in [5, 5.41) is 2.63. The maximum atomic E-state index is 13.4. The van der Waals surface area contributed by atoms with Gasteiger partial charge in [-0.25, -0.2) is 4.98 Å². The summed E-state index contributed by atoms with van der Waals surface area (Å²) in [5.41, 5.74) is -0.927. The highest BCUT2D eigenvalue weighted by Gasteiger charge is 2.34. The zero-order chi connectivity index (χ0) is 25.0. The number of para-hydroxylation sites is 1. The summed E-state index contributed by atoms with van der Waals surface area (Å²) in [5.74, 6) is -0.462. The molecule has 3 heterocycles. The first-order chi connectivity index (χ1) is 16.7. The van der Waals surface area contributed by atoms with Crippen LogP contribution < -0.4 is 15.0 Å². The summed E-state index contributed by atoms with van der Waals surface area (Å²) in [4.78, 5) is 33.5. The fraction of sp³-hybridized carbons (Fsp3) is 0.348. The van der Waals surface area contributed by atoms with Gasteiger partial charge in [-0.3, -0.25) is 4.79 Å². The molecule has 0 bridgehead atoms. The van der Waals surface area contributed by atoms with Gasteiger partial charge in [-0.05, 0) is 31.3 Å². The fourth-order valence-electron chi connectivity index (χ4n) is 3.39. The number of anilines is 2.